The highest BCUT2D eigenvalue weighted by molar-refractivity contribution is 8.18. The minimum atomic E-state index is -0.337. The van der Waals surface area contributed by atoms with E-state index in [1.165, 1.54) is 9.80 Å². The molecule has 0 unspecified atom stereocenters. The summed E-state index contributed by atoms with van der Waals surface area (Å²) in [6.45, 7) is 3.44. The Labute approximate surface area is 162 Å². The number of hydrogen-bond acceptors (Lipinski definition) is 5. The zero-order chi connectivity index (χ0) is 19.4. The van der Waals surface area contributed by atoms with Gasteiger partial charge in [0.05, 0.1) is 45.2 Å². The number of amides is 3. The number of carbonyl (C=O) groups is 3. The molecule has 3 amide bonds. The van der Waals surface area contributed by atoms with Crippen molar-refractivity contribution in [2.75, 3.05) is 46.9 Å². The van der Waals surface area contributed by atoms with E-state index in [-0.39, 0.29) is 30.0 Å². The molecule has 27 heavy (non-hydrogen) atoms. The molecule has 3 rings (SSSR count). The number of methoxy groups -OCH3 is 1. The van der Waals surface area contributed by atoms with Gasteiger partial charge in [-0.25, -0.2) is 0 Å². The largest absolute Gasteiger partial charge is 0.497 e. The molecule has 144 valence electrons. The molecule has 0 atom stereocenters. The molecule has 2 aliphatic heterocycles. The van der Waals surface area contributed by atoms with Crippen molar-refractivity contribution in [2.45, 2.75) is 6.42 Å². The number of imide groups is 1. The molecule has 0 bridgehead atoms. The predicted molar refractivity (Wildman–Crippen MR) is 103 cm³/mol. The molecule has 0 aromatic heterocycles. The zero-order valence-corrected chi connectivity index (χ0v) is 16.4. The second kappa shape index (κ2) is 8.58. The Morgan fingerprint density at radius 2 is 1.89 bits per heavy atom. The van der Waals surface area contributed by atoms with Gasteiger partial charge in [-0.3, -0.25) is 19.3 Å². The van der Waals surface area contributed by atoms with Crippen LogP contribution in [0.25, 0.3) is 6.08 Å². The van der Waals surface area contributed by atoms with Crippen LogP contribution < -0.4 is 9.64 Å². The highest BCUT2D eigenvalue weighted by atomic mass is 32.2. The number of nitrogens with one attached hydrogen (secondary N) is 1. The van der Waals surface area contributed by atoms with Crippen molar-refractivity contribution in [2.24, 2.45) is 0 Å². The van der Waals surface area contributed by atoms with Crippen molar-refractivity contribution in [1.82, 2.24) is 9.80 Å². The number of ether oxygens (including phenoxy) is 1. The first kappa shape index (κ1) is 19.4. The summed E-state index contributed by atoms with van der Waals surface area (Å²) in [6.07, 6.45) is 1.86. The summed E-state index contributed by atoms with van der Waals surface area (Å²) in [7, 11) is 3.70. The summed E-state index contributed by atoms with van der Waals surface area (Å²) in [4.78, 5) is 41.8. The first-order valence-electron chi connectivity index (χ1n) is 8.96. The number of carbonyl (C=O) groups excluding carboxylic acids is 3. The van der Waals surface area contributed by atoms with Gasteiger partial charge in [-0.1, -0.05) is 12.1 Å². The van der Waals surface area contributed by atoms with Crippen molar-refractivity contribution >= 4 is 34.9 Å². The zero-order valence-electron chi connectivity index (χ0n) is 15.6. The van der Waals surface area contributed by atoms with Crippen molar-refractivity contribution in [1.29, 1.82) is 0 Å². The lowest BCUT2D eigenvalue weighted by Gasteiger charge is -2.30. The molecule has 0 aliphatic carbocycles. The van der Waals surface area contributed by atoms with Crippen molar-refractivity contribution < 1.29 is 24.0 Å². The van der Waals surface area contributed by atoms with E-state index in [0.29, 0.717) is 4.91 Å². The van der Waals surface area contributed by atoms with Gasteiger partial charge in [0.1, 0.15) is 5.75 Å². The van der Waals surface area contributed by atoms with Crippen LogP contribution in [0.1, 0.15) is 12.0 Å². The minimum absolute atomic E-state index is 0.000633. The van der Waals surface area contributed by atoms with Gasteiger partial charge in [0, 0.05) is 13.0 Å². The third kappa shape index (κ3) is 4.70. The van der Waals surface area contributed by atoms with Crippen LogP contribution in [-0.4, -0.2) is 73.7 Å². The fraction of sp³-hybridized carbons (Fsp3) is 0.421. The monoisotopic (exact) mass is 390 g/mol. The Hall–Kier alpha value is -2.32. The van der Waals surface area contributed by atoms with Crippen LogP contribution in [0.4, 0.5) is 4.79 Å². The van der Waals surface area contributed by atoms with Gasteiger partial charge in [-0.05, 0) is 35.5 Å². The maximum absolute atomic E-state index is 12.5. The van der Waals surface area contributed by atoms with Gasteiger partial charge in [0.25, 0.3) is 11.1 Å². The Balaban J connectivity index is 1.58. The van der Waals surface area contributed by atoms with Gasteiger partial charge in [-0.2, -0.15) is 0 Å². The lowest BCUT2D eigenvalue weighted by Crippen LogP contribution is -3.12. The number of benzene rings is 1. The SMILES string of the molecule is COc1ccc(C=C2SC(=O)N(CCC(=O)N3CC[NH+](C)CC3)C2=O)cc1. The molecule has 1 aromatic carbocycles. The summed E-state index contributed by atoms with van der Waals surface area (Å²) in [5.41, 5.74) is 0.817. The van der Waals surface area contributed by atoms with Crippen LogP contribution in [0, 0.1) is 0 Å². The van der Waals surface area contributed by atoms with Gasteiger partial charge in [0.2, 0.25) is 5.91 Å². The summed E-state index contributed by atoms with van der Waals surface area (Å²) >= 11 is 0.913. The molecule has 1 N–H and O–H groups in total. The third-order valence-electron chi connectivity index (χ3n) is 4.81. The first-order valence-corrected chi connectivity index (χ1v) is 9.78. The highest BCUT2D eigenvalue weighted by Gasteiger charge is 2.35. The number of nitrogens with zero attached hydrogens (tertiary/aromatic N) is 2. The van der Waals surface area contributed by atoms with E-state index in [1.54, 1.807) is 25.3 Å². The van der Waals surface area contributed by atoms with Crippen LogP contribution in [0.5, 0.6) is 5.75 Å². The topological polar surface area (TPSA) is 71.4 Å². The molecular formula is C19H24N3O4S+. The van der Waals surface area contributed by atoms with Crippen LogP contribution >= 0.6 is 11.8 Å². The predicted octanol–water partition coefficient (Wildman–Crippen LogP) is 0.479. The minimum Gasteiger partial charge on any atom is -0.497 e. The standard InChI is InChI=1S/C19H23N3O4S/c1-20-9-11-21(12-10-20)17(23)7-8-22-18(24)16(27-19(22)25)13-14-3-5-15(26-2)6-4-14/h3-6,13H,7-12H2,1-2H3/p+1. The van der Waals surface area contributed by atoms with Crippen LogP contribution in [-0.2, 0) is 9.59 Å². The second-order valence-electron chi connectivity index (χ2n) is 6.69. The maximum Gasteiger partial charge on any atom is 0.293 e. The van der Waals surface area contributed by atoms with E-state index in [0.717, 1.165) is 49.3 Å². The highest BCUT2D eigenvalue weighted by Crippen LogP contribution is 2.32. The smallest absolute Gasteiger partial charge is 0.293 e. The van der Waals surface area contributed by atoms with E-state index in [9.17, 15) is 14.4 Å². The summed E-state index contributed by atoms with van der Waals surface area (Å²) < 4.78 is 5.11. The van der Waals surface area contributed by atoms with Crippen LogP contribution in [0.3, 0.4) is 0 Å². The molecule has 8 heteroatoms. The van der Waals surface area contributed by atoms with Gasteiger partial charge in [0.15, 0.2) is 0 Å². The Morgan fingerprint density at radius 3 is 2.52 bits per heavy atom. The molecule has 2 saturated heterocycles. The summed E-state index contributed by atoms with van der Waals surface area (Å²) in [5, 5.41) is -0.324. The van der Waals surface area contributed by atoms with E-state index >= 15 is 0 Å². The van der Waals surface area contributed by atoms with Gasteiger partial charge >= 0.3 is 0 Å². The Kier molecular flexibility index (Phi) is 6.18. The number of likely N-dealkylation sites (N-methyl/N-ethyl adjacent to an activating group) is 1. The average Bonchev–Trinajstić information content (AvgIpc) is 2.94. The fourth-order valence-electron chi connectivity index (χ4n) is 3.05. The molecule has 2 fully saturated rings. The first-order chi connectivity index (χ1) is 13.0. The second-order valence-corrected chi connectivity index (χ2v) is 7.69. The quantitative estimate of drug-likeness (QED) is 0.741. The molecular weight excluding hydrogens is 366 g/mol. The van der Waals surface area contributed by atoms with E-state index in [1.807, 2.05) is 17.0 Å². The molecule has 2 heterocycles. The van der Waals surface area contributed by atoms with Gasteiger partial charge in [-0.15, -0.1) is 0 Å². The molecule has 0 saturated carbocycles. The van der Waals surface area contributed by atoms with Gasteiger partial charge < -0.3 is 14.5 Å². The molecule has 0 spiro atoms. The molecule has 0 radical (unpaired) electrons. The molecule has 7 nitrogen and oxygen atoms in total. The van der Waals surface area contributed by atoms with Crippen LogP contribution in [0.15, 0.2) is 29.2 Å². The van der Waals surface area contributed by atoms with Crippen molar-refractivity contribution in [3.05, 3.63) is 34.7 Å². The number of rotatable bonds is 5. The summed E-state index contributed by atoms with van der Waals surface area (Å²) in [6, 6.07) is 7.25. The fourth-order valence-corrected chi connectivity index (χ4v) is 3.91. The van der Waals surface area contributed by atoms with Crippen LogP contribution in [0.2, 0.25) is 0 Å². The maximum atomic E-state index is 12.5. The van der Waals surface area contributed by atoms with Crippen molar-refractivity contribution in [3.8, 4) is 5.75 Å². The number of hydrogen-bond donors (Lipinski definition) is 1. The summed E-state index contributed by atoms with van der Waals surface area (Å²) in [5.74, 6) is 0.390. The Morgan fingerprint density at radius 1 is 1.22 bits per heavy atom. The van der Waals surface area contributed by atoms with Crippen molar-refractivity contribution in [3.63, 3.8) is 0 Å². The normalized spacial score (nSPS) is 19.9. The number of piperazine rings is 1. The average molecular weight is 390 g/mol. The lowest BCUT2D eigenvalue weighted by molar-refractivity contribution is -0.883. The lowest BCUT2D eigenvalue weighted by atomic mass is 10.2. The third-order valence-corrected chi connectivity index (χ3v) is 5.71. The van der Waals surface area contributed by atoms with E-state index < -0.39 is 0 Å². The number of thioether (sulfide) groups is 1. The molecule has 1 aromatic rings. The Bertz CT molecular complexity index is 755. The van der Waals surface area contributed by atoms with E-state index in [4.69, 9.17) is 4.74 Å². The van der Waals surface area contributed by atoms with E-state index in [2.05, 4.69) is 7.05 Å². The number of quaternary nitrogens is 1. The molecule has 2 aliphatic rings.